The van der Waals surface area contributed by atoms with Gasteiger partial charge in [0.1, 0.15) is 0 Å². The maximum absolute atomic E-state index is 12.2. The van der Waals surface area contributed by atoms with E-state index in [9.17, 15) is 4.79 Å². The van der Waals surface area contributed by atoms with E-state index < -0.39 is 0 Å². The quantitative estimate of drug-likeness (QED) is 0.846. The summed E-state index contributed by atoms with van der Waals surface area (Å²) < 4.78 is 1.79. The molecule has 1 amide bonds. The number of carbonyl (C=O) groups is 1. The molecule has 0 aromatic carbocycles. The van der Waals surface area contributed by atoms with Gasteiger partial charge in [-0.05, 0) is 24.7 Å². The Morgan fingerprint density at radius 2 is 2.25 bits per heavy atom. The van der Waals surface area contributed by atoms with Gasteiger partial charge in [-0.15, -0.1) is 5.10 Å². The van der Waals surface area contributed by atoms with Gasteiger partial charge in [0.2, 0.25) is 0 Å². The minimum absolute atomic E-state index is 0.0942. The molecule has 6 heteroatoms. The second-order valence-electron chi connectivity index (χ2n) is 6.14. The number of hydrogen-bond acceptors (Lipinski definition) is 4. The Bertz CT molecular complexity index is 474. The van der Waals surface area contributed by atoms with Crippen molar-refractivity contribution in [2.75, 3.05) is 19.6 Å². The van der Waals surface area contributed by atoms with Crippen LogP contribution in [0.2, 0.25) is 0 Å². The second kappa shape index (κ2) is 5.52. The molecule has 1 aliphatic heterocycles. The first-order valence-corrected chi connectivity index (χ1v) is 7.63. The molecule has 110 valence electrons. The second-order valence-corrected chi connectivity index (χ2v) is 6.14. The van der Waals surface area contributed by atoms with Crippen molar-refractivity contribution >= 4 is 5.91 Å². The van der Waals surface area contributed by atoms with E-state index in [1.165, 1.54) is 25.7 Å². The molecular weight excluding hydrogens is 254 g/mol. The van der Waals surface area contributed by atoms with Crippen LogP contribution in [0.3, 0.4) is 0 Å². The average molecular weight is 277 g/mol. The van der Waals surface area contributed by atoms with Crippen LogP contribution in [0.25, 0.3) is 0 Å². The average Bonchev–Trinajstić information content (AvgIpc) is 3.04. The van der Waals surface area contributed by atoms with Crippen molar-refractivity contribution < 1.29 is 4.79 Å². The molecule has 0 spiro atoms. The van der Waals surface area contributed by atoms with E-state index in [0.717, 1.165) is 26.1 Å². The Balaban J connectivity index is 1.57. The van der Waals surface area contributed by atoms with Crippen molar-refractivity contribution in [1.29, 1.82) is 0 Å². The van der Waals surface area contributed by atoms with Crippen molar-refractivity contribution in [3.63, 3.8) is 0 Å². The standard InChI is InChI=1S/C14H23N5O/c1-2-14(5-3-4-6-14)10-16-13(20)12-9-19(18-17-12)11-7-15-8-11/h9,11,15H,2-8,10H2,1H3,(H,16,20). The molecule has 6 nitrogen and oxygen atoms in total. The van der Waals surface area contributed by atoms with Crippen molar-refractivity contribution in [3.8, 4) is 0 Å². The summed E-state index contributed by atoms with van der Waals surface area (Å²) in [4.78, 5) is 12.2. The molecular formula is C14H23N5O. The highest BCUT2D eigenvalue weighted by atomic mass is 16.2. The SMILES string of the molecule is CCC1(CNC(=O)c2cn(C3CNC3)nn2)CCCC1. The van der Waals surface area contributed by atoms with Gasteiger partial charge in [0, 0.05) is 19.6 Å². The molecule has 2 fully saturated rings. The van der Waals surface area contributed by atoms with Crippen LogP contribution in [-0.2, 0) is 0 Å². The third kappa shape index (κ3) is 2.57. The Hall–Kier alpha value is -1.43. The minimum atomic E-state index is -0.0942. The molecule has 2 aliphatic rings. The number of nitrogens with zero attached hydrogens (tertiary/aromatic N) is 3. The summed E-state index contributed by atoms with van der Waals surface area (Å²) in [5.74, 6) is -0.0942. The third-order valence-corrected chi connectivity index (χ3v) is 4.92. The fraction of sp³-hybridized carbons (Fsp3) is 0.786. The van der Waals surface area contributed by atoms with Gasteiger partial charge in [0.05, 0.1) is 12.2 Å². The maximum Gasteiger partial charge on any atom is 0.273 e. The molecule has 0 atom stereocenters. The van der Waals surface area contributed by atoms with E-state index in [0.29, 0.717) is 17.2 Å². The summed E-state index contributed by atoms with van der Waals surface area (Å²) >= 11 is 0. The summed E-state index contributed by atoms with van der Waals surface area (Å²) in [7, 11) is 0. The zero-order valence-electron chi connectivity index (χ0n) is 12.1. The van der Waals surface area contributed by atoms with E-state index in [-0.39, 0.29) is 5.91 Å². The zero-order chi connectivity index (χ0) is 14.0. The number of aromatic nitrogens is 3. The summed E-state index contributed by atoms with van der Waals surface area (Å²) in [6, 6.07) is 0.348. The minimum Gasteiger partial charge on any atom is -0.350 e. The summed E-state index contributed by atoms with van der Waals surface area (Å²) in [5.41, 5.74) is 0.741. The molecule has 2 heterocycles. The van der Waals surface area contributed by atoms with Gasteiger partial charge in [-0.2, -0.15) is 0 Å². The van der Waals surface area contributed by atoms with Crippen LogP contribution in [0, 0.1) is 5.41 Å². The smallest absolute Gasteiger partial charge is 0.273 e. The molecule has 0 bridgehead atoms. The van der Waals surface area contributed by atoms with Gasteiger partial charge in [-0.1, -0.05) is 25.0 Å². The third-order valence-electron chi connectivity index (χ3n) is 4.92. The van der Waals surface area contributed by atoms with Gasteiger partial charge < -0.3 is 10.6 Å². The highest BCUT2D eigenvalue weighted by Gasteiger charge is 2.32. The van der Waals surface area contributed by atoms with E-state index in [2.05, 4.69) is 27.9 Å². The lowest BCUT2D eigenvalue weighted by molar-refractivity contribution is 0.0923. The van der Waals surface area contributed by atoms with Crippen LogP contribution in [0.4, 0.5) is 0 Å². The summed E-state index contributed by atoms with van der Waals surface area (Å²) in [5, 5.41) is 14.3. The molecule has 1 aromatic heterocycles. The Morgan fingerprint density at radius 3 is 2.85 bits per heavy atom. The number of carbonyl (C=O) groups excluding carboxylic acids is 1. The highest BCUT2D eigenvalue weighted by molar-refractivity contribution is 5.91. The van der Waals surface area contributed by atoms with Gasteiger partial charge in [-0.3, -0.25) is 4.79 Å². The van der Waals surface area contributed by atoms with Crippen LogP contribution in [0.15, 0.2) is 6.20 Å². The molecule has 0 unspecified atom stereocenters. The van der Waals surface area contributed by atoms with Crippen LogP contribution >= 0.6 is 0 Å². The maximum atomic E-state index is 12.2. The van der Waals surface area contributed by atoms with Crippen LogP contribution < -0.4 is 10.6 Å². The van der Waals surface area contributed by atoms with E-state index in [4.69, 9.17) is 0 Å². The Labute approximate surface area is 119 Å². The number of amides is 1. The molecule has 3 rings (SSSR count). The molecule has 2 N–H and O–H groups in total. The first-order chi connectivity index (χ1) is 9.72. The van der Waals surface area contributed by atoms with Gasteiger partial charge in [0.25, 0.3) is 5.91 Å². The number of nitrogens with one attached hydrogen (secondary N) is 2. The predicted molar refractivity (Wildman–Crippen MR) is 75.5 cm³/mol. The van der Waals surface area contributed by atoms with Crippen LogP contribution in [-0.4, -0.2) is 40.5 Å². The predicted octanol–water partition coefficient (Wildman–Crippen LogP) is 1.12. The number of hydrogen-bond donors (Lipinski definition) is 2. The molecule has 1 saturated heterocycles. The molecule has 0 radical (unpaired) electrons. The zero-order valence-corrected chi connectivity index (χ0v) is 12.1. The van der Waals surface area contributed by atoms with Gasteiger partial charge in [-0.25, -0.2) is 4.68 Å². The molecule has 1 aliphatic carbocycles. The summed E-state index contributed by atoms with van der Waals surface area (Å²) in [6.07, 6.45) is 7.92. The number of rotatable bonds is 5. The van der Waals surface area contributed by atoms with Crippen molar-refractivity contribution in [2.24, 2.45) is 5.41 Å². The monoisotopic (exact) mass is 277 g/mol. The summed E-state index contributed by atoms with van der Waals surface area (Å²) in [6.45, 7) is 4.80. The largest absolute Gasteiger partial charge is 0.350 e. The Kier molecular flexibility index (Phi) is 3.74. The van der Waals surface area contributed by atoms with E-state index in [1.54, 1.807) is 10.9 Å². The molecule has 1 saturated carbocycles. The lowest BCUT2D eigenvalue weighted by atomic mass is 9.83. The van der Waals surface area contributed by atoms with Gasteiger partial charge >= 0.3 is 0 Å². The first-order valence-electron chi connectivity index (χ1n) is 7.63. The van der Waals surface area contributed by atoms with Crippen LogP contribution in [0.5, 0.6) is 0 Å². The molecule has 20 heavy (non-hydrogen) atoms. The van der Waals surface area contributed by atoms with Gasteiger partial charge in [0.15, 0.2) is 5.69 Å². The van der Waals surface area contributed by atoms with Crippen molar-refractivity contribution in [1.82, 2.24) is 25.6 Å². The Morgan fingerprint density at radius 1 is 1.50 bits per heavy atom. The lowest BCUT2D eigenvalue weighted by Crippen LogP contribution is -2.43. The van der Waals surface area contributed by atoms with E-state index in [1.807, 2.05) is 0 Å². The lowest BCUT2D eigenvalue weighted by Gasteiger charge is -2.27. The van der Waals surface area contributed by atoms with Crippen molar-refractivity contribution in [2.45, 2.75) is 45.1 Å². The highest BCUT2D eigenvalue weighted by Crippen LogP contribution is 2.40. The fourth-order valence-electron chi connectivity index (χ4n) is 3.16. The first kappa shape index (κ1) is 13.5. The molecule has 1 aromatic rings. The topological polar surface area (TPSA) is 71.8 Å². The fourth-order valence-corrected chi connectivity index (χ4v) is 3.16. The van der Waals surface area contributed by atoms with Crippen molar-refractivity contribution in [3.05, 3.63) is 11.9 Å². The normalized spacial score (nSPS) is 21.6. The van der Waals surface area contributed by atoms with E-state index >= 15 is 0 Å². The van der Waals surface area contributed by atoms with Crippen LogP contribution in [0.1, 0.15) is 55.6 Å².